The van der Waals surface area contributed by atoms with Gasteiger partial charge in [0.15, 0.2) is 0 Å². The lowest BCUT2D eigenvalue weighted by Gasteiger charge is -2.13. The first-order chi connectivity index (χ1) is 9.51. The number of halogens is 2. The Bertz CT molecular complexity index is 631. The second-order valence-electron chi connectivity index (χ2n) is 4.50. The number of aryl methyl sites for hydroxylation is 1. The second-order valence-corrected chi connectivity index (χ2v) is 5.82. The number of hydrogen-bond acceptors (Lipinski definition) is 4. The van der Waals surface area contributed by atoms with Gasteiger partial charge in [-0.1, -0.05) is 34.5 Å². The molecule has 20 heavy (non-hydrogen) atoms. The summed E-state index contributed by atoms with van der Waals surface area (Å²) >= 11 is 9.61. The number of aromatic nitrogens is 2. The van der Waals surface area contributed by atoms with E-state index < -0.39 is 0 Å². The molecule has 6 heteroatoms. The van der Waals surface area contributed by atoms with E-state index in [9.17, 15) is 0 Å². The number of benzene rings is 1. The van der Waals surface area contributed by atoms with Crippen LogP contribution in [0.4, 0.5) is 17.3 Å². The molecule has 0 aliphatic carbocycles. The number of rotatable bonds is 4. The van der Waals surface area contributed by atoms with Gasteiger partial charge in [-0.3, -0.25) is 0 Å². The topological polar surface area (TPSA) is 63.8 Å². The van der Waals surface area contributed by atoms with Crippen molar-refractivity contribution in [3.8, 4) is 0 Å². The normalized spacial score (nSPS) is 10.6. The number of anilines is 3. The number of hydrogen-bond donors (Lipinski definition) is 2. The Morgan fingerprint density at radius 3 is 2.80 bits per heavy atom. The van der Waals surface area contributed by atoms with Gasteiger partial charge >= 0.3 is 0 Å². The fourth-order valence-electron chi connectivity index (χ4n) is 1.76. The zero-order valence-corrected chi connectivity index (χ0v) is 13.7. The van der Waals surface area contributed by atoms with E-state index >= 15 is 0 Å². The van der Waals surface area contributed by atoms with E-state index in [4.69, 9.17) is 17.3 Å². The summed E-state index contributed by atoms with van der Waals surface area (Å²) in [5.74, 6) is 1.93. The highest BCUT2D eigenvalue weighted by atomic mass is 79.9. The summed E-state index contributed by atoms with van der Waals surface area (Å²) in [4.78, 5) is 8.80. The first-order valence-electron chi connectivity index (χ1n) is 6.36. The summed E-state index contributed by atoms with van der Waals surface area (Å²) in [7, 11) is 0. The Morgan fingerprint density at radius 2 is 2.10 bits per heavy atom. The molecule has 0 atom stereocenters. The van der Waals surface area contributed by atoms with Gasteiger partial charge in [0, 0.05) is 16.5 Å². The fourth-order valence-corrected chi connectivity index (χ4v) is 2.29. The third-order valence-corrected chi connectivity index (χ3v) is 3.71. The van der Waals surface area contributed by atoms with Crippen molar-refractivity contribution in [1.29, 1.82) is 0 Å². The second kappa shape index (κ2) is 6.41. The van der Waals surface area contributed by atoms with Gasteiger partial charge in [-0.25, -0.2) is 9.97 Å². The lowest BCUT2D eigenvalue weighted by atomic mass is 10.2. The maximum absolute atomic E-state index is 6.18. The first kappa shape index (κ1) is 15.1. The van der Waals surface area contributed by atoms with Crippen LogP contribution in [0, 0.1) is 6.92 Å². The molecule has 2 aromatic rings. The van der Waals surface area contributed by atoms with Crippen molar-refractivity contribution < 1.29 is 0 Å². The third kappa shape index (κ3) is 3.41. The molecule has 0 aliphatic heterocycles. The lowest BCUT2D eigenvalue weighted by molar-refractivity contribution is 0.836. The van der Waals surface area contributed by atoms with E-state index in [2.05, 4.69) is 38.1 Å². The van der Waals surface area contributed by atoms with E-state index in [0.29, 0.717) is 16.7 Å². The van der Waals surface area contributed by atoms with E-state index in [1.54, 1.807) is 0 Å². The molecule has 1 aromatic heterocycles. The van der Waals surface area contributed by atoms with Crippen LogP contribution in [0.3, 0.4) is 0 Å². The minimum Gasteiger partial charge on any atom is -0.383 e. The third-order valence-electron chi connectivity index (χ3n) is 2.88. The van der Waals surface area contributed by atoms with Crippen LogP contribution in [0.1, 0.15) is 24.7 Å². The number of nitrogens with one attached hydrogen (secondary N) is 1. The van der Waals surface area contributed by atoms with Crippen LogP contribution in [-0.4, -0.2) is 9.97 Å². The zero-order chi connectivity index (χ0) is 14.7. The van der Waals surface area contributed by atoms with Crippen LogP contribution in [0.5, 0.6) is 0 Å². The quantitative estimate of drug-likeness (QED) is 0.848. The van der Waals surface area contributed by atoms with Gasteiger partial charge < -0.3 is 11.1 Å². The molecule has 0 amide bonds. The molecule has 0 saturated carbocycles. The van der Waals surface area contributed by atoms with Crippen molar-refractivity contribution in [2.75, 3.05) is 11.1 Å². The Labute approximate surface area is 131 Å². The molecule has 0 aliphatic rings. The Kier molecular flexibility index (Phi) is 4.83. The monoisotopic (exact) mass is 354 g/mol. The molecule has 0 radical (unpaired) electrons. The van der Waals surface area contributed by atoms with Crippen molar-refractivity contribution in [1.82, 2.24) is 9.97 Å². The van der Waals surface area contributed by atoms with Gasteiger partial charge in [-0.15, -0.1) is 0 Å². The van der Waals surface area contributed by atoms with E-state index in [1.165, 1.54) is 0 Å². The average molecular weight is 356 g/mol. The summed E-state index contributed by atoms with van der Waals surface area (Å²) in [6.07, 6.45) is 1.77. The smallest absolute Gasteiger partial charge is 0.139 e. The number of nitrogen functional groups attached to an aromatic ring is 1. The standard InChI is InChI=1S/C14H16BrClN4/c1-3-4-12-19-13(17)8(2)14(20-12)18-11-7-9(15)5-6-10(11)16/h5-7H,3-4H2,1-2H3,(H3,17,18,19,20). The molecule has 0 saturated heterocycles. The summed E-state index contributed by atoms with van der Waals surface area (Å²) in [5.41, 5.74) is 7.54. The van der Waals surface area contributed by atoms with Crippen LogP contribution in [0.15, 0.2) is 22.7 Å². The minimum absolute atomic E-state index is 0.497. The molecule has 0 spiro atoms. The van der Waals surface area contributed by atoms with Gasteiger partial charge in [0.1, 0.15) is 17.5 Å². The van der Waals surface area contributed by atoms with Crippen LogP contribution >= 0.6 is 27.5 Å². The van der Waals surface area contributed by atoms with Crippen LogP contribution < -0.4 is 11.1 Å². The maximum Gasteiger partial charge on any atom is 0.139 e. The van der Waals surface area contributed by atoms with Crippen molar-refractivity contribution >= 4 is 44.9 Å². The predicted molar refractivity (Wildman–Crippen MR) is 87.6 cm³/mol. The molecular weight excluding hydrogens is 340 g/mol. The van der Waals surface area contributed by atoms with Crippen molar-refractivity contribution in [3.63, 3.8) is 0 Å². The lowest BCUT2D eigenvalue weighted by Crippen LogP contribution is -2.07. The molecule has 1 aromatic carbocycles. The largest absolute Gasteiger partial charge is 0.383 e. The average Bonchev–Trinajstić information content (AvgIpc) is 2.40. The minimum atomic E-state index is 0.497. The summed E-state index contributed by atoms with van der Waals surface area (Å²) < 4.78 is 0.942. The van der Waals surface area contributed by atoms with Crippen molar-refractivity contribution in [2.45, 2.75) is 26.7 Å². The first-order valence-corrected chi connectivity index (χ1v) is 7.53. The number of nitrogens with zero attached hydrogens (tertiary/aromatic N) is 2. The summed E-state index contributed by atoms with van der Waals surface area (Å²) in [6.45, 7) is 3.97. The molecule has 106 valence electrons. The van der Waals surface area contributed by atoms with Gasteiger partial charge in [-0.2, -0.15) is 0 Å². The zero-order valence-electron chi connectivity index (χ0n) is 11.4. The van der Waals surface area contributed by atoms with Gasteiger partial charge in [0.2, 0.25) is 0 Å². The summed E-state index contributed by atoms with van der Waals surface area (Å²) in [5, 5.41) is 3.85. The molecular formula is C14H16BrClN4. The van der Waals surface area contributed by atoms with Gasteiger partial charge in [0.05, 0.1) is 10.7 Å². The molecule has 0 bridgehead atoms. The Balaban J connectivity index is 2.39. The summed E-state index contributed by atoms with van der Waals surface area (Å²) in [6, 6.07) is 5.61. The maximum atomic E-state index is 6.18. The van der Waals surface area contributed by atoms with Gasteiger partial charge in [0.25, 0.3) is 0 Å². The van der Waals surface area contributed by atoms with Crippen LogP contribution in [0.2, 0.25) is 5.02 Å². The van der Waals surface area contributed by atoms with E-state index in [0.717, 1.165) is 34.4 Å². The highest BCUT2D eigenvalue weighted by molar-refractivity contribution is 9.10. The highest BCUT2D eigenvalue weighted by Crippen LogP contribution is 2.30. The molecule has 3 N–H and O–H groups in total. The Morgan fingerprint density at radius 1 is 1.35 bits per heavy atom. The van der Waals surface area contributed by atoms with Crippen molar-refractivity contribution in [2.24, 2.45) is 0 Å². The van der Waals surface area contributed by atoms with E-state index in [1.807, 2.05) is 25.1 Å². The SMILES string of the molecule is CCCc1nc(N)c(C)c(Nc2cc(Br)ccc2Cl)n1. The van der Waals surface area contributed by atoms with Crippen LogP contribution in [0.25, 0.3) is 0 Å². The number of nitrogens with two attached hydrogens (primary N) is 1. The molecule has 0 unspecified atom stereocenters. The Hall–Kier alpha value is -1.33. The molecule has 1 heterocycles. The molecule has 4 nitrogen and oxygen atoms in total. The molecule has 2 rings (SSSR count). The van der Waals surface area contributed by atoms with Crippen LogP contribution in [-0.2, 0) is 6.42 Å². The predicted octanol–water partition coefficient (Wildman–Crippen LogP) is 4.48. The fraction of sp³-hybridized carbons (Fsp3) is 0.286. The molecule has 0 fully saturated rings. The van der Waals surface area contributed by atoms with Gasteiger partial charge in [-0.05, 0) is 31.5 Å². The van der Waals surface area contributed by atoms with E-state index in [-0.39, 0.29) is 0 Å². The highest BCUT2D eigenvalue weighted by Gasteiger charge is 2.10. The van der Waals surface area contributed by atoms with Crippen molar-refractivity contribution in [3.05, 3.63) is 39.1 Å².